The second-order valence-electron chi connectivity index (χ2n) is 6.22. The van der Waals surface area contributed by atoms with Gasteiger partial charge in [0.25, 0.3) is 17.4 Å². The average Bonchev–Trinajstić information content (AvgIpc) is 2.56. The molecule has 1 aliphatic rings. The van der Waals surface area contributed by atoms with E-state index >= 15 is 0 Å². The van der Waals surface area contributed by atoms with Crippen LogP contribution in [0.15, 0.2) is 42.5 Å². The van der Waals surface area contributed by atoms with Crippen LogP contribution in [0.2, 0.25) is 0 Å². The Balaban J connectivity index is 1.66. The van der Waals surface area contributed by atoms with Gasteiger partial charge in [0.2, 0.25) is 0 Å². The van der Waals surface area contributed by atoms with Crippen molar-refractivity contribution in [2.45, 2.75) is 25.9 Å². The minimum Gasteiger partial charge on any atom is -0.466 e. The van der Waals surface area contributed by atoms with E-state index in [4.69, 9.17) is 4.74 Å². The molecule has 2 aromatic rings. The third-order valence-corrected chi connectivity index (χ3v) is 4.15. The molecule has 0 saturated heterocycles. The highest BCUT2D eigenvalue weighted by atomic mass is 19.1. The number of amides is 2. The number of nitrogens with one attached hydrogen (secondary N) is 2. The van der Waals surface area contributed by atoms with Crippen molar-refractivity contribution in [1.82, 2.24) is 5.32 Å². The van der Waals surface area contributed by atoms with E-state index in [0.717, 1.165) is 11.1 Å². The predicted molar refractivity (Wildman–Crippen MR) is 92.0 cm³/mol. The van der Waals surface area contributed by atoms with Gasteiger partial charge in [-0.25, -0.2) is 4.39 Å². The van der Waals surface area contributed by atoms with Crippen molar-refractivity contribution in [3.8, 4) is 5.75 Å². The van der Waals surface area contributed by atoms with Crippen LogP contribution >= 0.6 is 0 Å². The molecule has 0 aliphatic carbocycles. The zero-order chi connectivity index (χ0) is 18.0. The zero-order valence-electron chi connectivity index (χ0n) is 14.1. The molecule has 0 aromatic heterocycles. The number of hydrogen-bond acceptors (Lipinski definition) is 3. The van der Waals surface area contributed by atoms with Crippen LogP contribution < -0.4 is 15.4 Å². The summed E-state index contributed by atoms with van der Waals surface area (Å²) in [5.41, 5.74) is 0.644. The summed E-state index contributed by atoms with van der Waals surface area (Å²) in [5, 5.41) is 5.40. The van der Waals surface area contributed by atoms with Gasteiger partial charge in [-0.05, 0) is 55.7 Å². The first-order valence-electron chi connectivity index (χ1n) is 8.02. The lowest BCUT2D eigenvalue weighted by Gasteiger charge is -2.33. The Kier molecular flexibility index (Phi) is 4.44. The van der Waals surface area contributed by atoms with Gasteiger partial charge in [0.1, 0.15) is 11.6 Å². The second kappa shape index (κ2) is 6.55. The summed E-state index contributed by atoms with van der Waals surface area (Å²) in [5.74, 6) is -0.924. The molecule has 2 aromatic carbocycles. The Morgan fingerprint density at radius 2 is 2.08 bits per heavy atom. The molecule has 1 atom stereocenters. The fourth-order valence-corrected chi connectivity index (χ4v) is 2.67. The highest BCUT2D eigenvalue weighted by Crippen LogP contribution is 2.34. The maximum absolute atomic E-state index is 13.2. The number of anilines is 1. The lowest BCUT2D eigenvalue weighted by Crippen LogP contribution is -2.58. The fraction of sp³-hybridized carbons (Fsp3) is 0.263. The van der Waals surface area contributed by atoms with Gasteiger partial charge in [-0.3, -0.25) is 9.59 Å². The lowest BCUT2D eigenvalue weighted by molar-refractivity contribution is -0.146. The van der Waals surface area contributed by atoms with Crippen LogP contribution in [0.25, 0.3) is 0 Å². The minimum absolute atomic E-state index is 0.273. The smallest absolute Gasteiger partial charge is 0.278 e. The summed E-state index contributed by atoms with van der Waals surface area (Å²) < 4.78 is 18.9. The summed E-state index contributed by atoms with van der Waals surface area (Å²) in [7, 11) is 0. The Labute approximate surface area is 145 Å². The minimum atomic E-state index is -1.65. The third kappa shape index (κ3) is 3.47. The topological polar surface area (TPSA) is 67.4 Å². The highest BCUT2D eigenvalue weighted by Gasteiger charge is 2.47. The van der Waals surface area contributed by atoms with E-state index in [9.17, 15) is 14.0 Å². The molecule has 0 spiro atoms. The van der Waals surface area contributed by atoms with Crippen LogP contribution in [0.3, 0.4) is 0 Å². The summed E-state index contributed by atoms with van der Waals surface area (Å²) in [6, 6.07) is 11.5. The molecule has 0 radical (unpaired) electrons. The largest absolute Gasteiger partial charge is 0.466 e. The van der Waals surface area contributed by atoms with Gasteiger partial charge in [0.05, 0.1) is 5.69 Å². The van der Waals surface area contributed by atoms with Crippen molar-refractivity contribution in [3.05, 3.63) is 59.4 Å². The number of halogens is 1. The molecule has 3 rings (SSSR count). The van der Waals surface area contributed by atoms with Crippen LogP contribution in [0, 0.1) is 12.7 Å². The number of benzene rings is 2. The van der Waals surface area contributed by atoms with E-state index < -0.39 is 17.4 Å². The number of fused-ring (bicyclic) bond motifs is 1. The van der Waals surface area contributed by atoms with Crippen LogP contribution in [0.5, 0.6) is 5.75 Å². The SMILES string of the molecule is Cc1ccc2c(c1)NC(=O)C(C)(C(=O)NCCc1cccc(F)c1)O2. The van der Waals surface area contributed by atoms with Gasteiger partial charge >= 0.3 is 0 Å². The van der Waals surface area contributed by atoms with Gasteiger partial charge in [-0.1, -0.05) is 18.2 Å². The van der Waals surface area contributed by atoms with Crippen molar-refractivity contribution in [1.29, 1.82) is 0 Å². The van der Waals surface area contributed by atoms with E-state index in [1.807, 2.05) is 13.0 Å². The monoisotopic (exact) mass is 342 g/mol. The van der Waals surface area contributed by atoms with Crippen molar-refractivity contribution in [2.75, 3.05) is 11.9 Å². The molecule has 25 heavy (non-hydrogen) atoms. The maximum atomic E-state index is 13.2. The number of carbonyl (C=O) groups is 2. The quantitative estimate of drug-likeness (QED) is 0.839. The number of hydrogen-bond donors (Lipinski definition) is 2. The summed E-state index contributed by atoms with van der Waals surface area (Å²) >= 11 is 0. The van der Waals surface area contributed by atoms with E-state index in [0.29, 0.717) is 17.9 Å². The lowest BCUT2D eigenvalue weighted by atomic mass is 10.0. The molecule has 1 heterocycles. The van der Waals surface area contributed by atoms with Crippen LogP contribution in [-0.2, 0) is 16.0 Å². The van der Waals surface area contributed by atoms with Gasteiger partial charge in [-0.2, -0.15) is 0 Å². The molecular formula is C19H19FN2O3. The number of ether oxygens (including phenoxy) is 1. The molecule has 1 aliphatic heterocycles. The standard InChI is InChI=1S/C19H19FN2O3/c1-12-6-7-16-15(10-12)22-18(24)19(2,25-16)17(23)21-9-8-13-4-3-5-14(20)11-13/h3-7,10-11H,8-9H2,1-2H3,(H,21,23)(H,22,24). The van der Waals surface area contributed by atoms with Gasteiger partial charge in [0.15, 0.2) is 0 Å². The zero-order valence-corrected chi connectivity index (χ0v) is 14.1. The van der Waals surface area contributed by atoms with Crippen molar-refractivity contribution >= 4 is 17.5 Å². The molecule has 5 nitrogen and oxygen atoms in total. The molecule has 0 saturated carbocycles. The van der Waals surface area contributed by atoms with Crippen molar-refractivity contribution in [2.24, 2.45) is 0 Å². The number of rotatable bonds is 4. The maximum Gasteiger partial charge on any atom is 0.278 e. The molecular weight excluding hydrogens is 323 g/mol. The first-order valence-corrected chi connectivity index (χ1v) is 8.02. The number of aryl methyl sites for hydroxylation is 1. The fourth-order valence-electron chi connectivity index (χ4n) is 2.67. The normalized spacial score (nSPS) is 18.8. The van der Waals surface area contributed by atoms with Gasteiger partial charge < -0.3 is 15.4 Å². The van der Waals surface area contributed by atoms with Crippen LogP contribution in [0.4, 0.5) is 10.1 Å². The van der Waals surface area contributed by atoms with Crippen LogP contribution in [0.1, 0.15) is 18.1 Å². The Hall–Kier alpha value is -2.89. The summed E-state index contributed by atoms with van der Waals surface area (Å²) in [4.78, 5) is 24.9. The number of carbonyl (C=O) groups excluding carboxylic acids is 2. The molecule has 0 fully saturated rings. The van der Waals surface area contributed by atoms with Crippen molar-refractivity contribution in [3.63, 3.8) is 0 Å². The predicted octanol–water partition coefficient (Wildman–Crippen LogP) is 2.58. The van der Waals surface area contributed by atoms with E-state index in [-0.39, 0.29) is 12.4 Å². The second-order valence-corrected chi connectivity index (χ2v) is 6.22. The van der Waals surface area contributed by atoms with E-state index in [2.05, 4.69) is 10.6 Å². The third-order valence-electron chi connectivity index (χ3n) is 4.15. The van der Waals surface area contributed by atoms with E-state index in [1.54, 1.807) is 24.3 Å². The first kappa shape index (κ1) is 17.0. The van der Waals surface area contributed by atoms with Gasteiger partial charge in [0, 0.05) is 6.54 Å². The Morgan fingerprint density at radius 1 is 1.28 bits per heavy atom. The molecule has 130 valence electrons. The molecule has 2 N–H and O–H groups in total. The Bertz CT molecular complexity index is 837. The Morgan fingerprint density at radius 3 is 2.84 bits per heavy atom. The summed E-state index contributed by atoms with van der Waals surface area (Å²) in [6.07, 6.45) is 0.455. The molecule has 2 amide bonds. The van der Waals surface area contributed by atoms with Crippen LogP contribution in [-0.4, -0.2) is 24.0 Å². The molecule has 6 heteroatoms. The average molecular weight is 342 g/mol. The molecule has 1 unspecified atom stereocenters. The first-order chi connectivity index (χ1) is 11.9. The van der Waals surface area contributed by atoms with E-state index in [1.165, 1.54) is 19.1 Å². The van der Waals surface area contributed by atoms with Gasteiger partial charge in [-0.15, -0.1) is 0 Å². The van der Waals surface area contributed by atoms with Crippen molar-refractivity contribution < 1.29 is 18.7 Å². The molecule has 0 bridgehead atoms. The highest BCUT2D eigenvalue weighted by molar-refractivity contribution is 6.15. The summed E-state index contributed by atoms with van der Waals surface area (Å²) in [6.45, 7) is 3.61.